The van der Waals surface area contributed by atoms with Gasteiger partial charge in [-0.15, -0.1) is 22.7 Å². The summed E-state index contributed by atoms with van der Waals surface area (Å²) in [4.78, 5) is 26.8. The number of nitrogens with zero attached hydrogens (tertiary/aromatic N) is 3. The molecule has 1 aliphatic heterocycles. The van der Waals surface area contributed by atoms with Crippen LogP contribution in [0.15, 0.2) is 17.5 Å². The van der Waals surface area contributed by atoms with Gasteiger partial charge in [-0.2, -0.15) is 0 Å². The van der Waals surface area contributed by atoms with Crippen LogP contribution in [0.1, 0.15) is 10.4 Å². The summed E-state index contributed by atoms with van der Waals surface area (Å²) in [6.45, 7) is 6.24. The third-order valence-corrected chi connectivity index (χ3v) is 6.54. The molecule has 3 aromatic heterocycles. The summed E-state index contributed by atoms with van der Waals surface area (Å²) >= 11 is 3.33. The van der Waals surface area contributed by atoms with Crippen LogP contribution < -0.4 is 16.0 Å². The molecule has 8 heteroatoms. The first-order chi connectivity index (χ1) is 12.0. The van der Waals surface area contributed by atoms with Crippen LogP contribution in [0.2, 0.25) is 0 Å². The van der Waals surface area contributed by atoms with E-state index in [1.54, 1.807) is 22.7 Å². The molecule has 0 saturated carbocycles. The van der Waals surface area contributed by atoms with Crippen molar-refractivity contribution in [1.82, 2.24) is 15.3 Å². The molecule has 0 radical (unpaired) electrons. The standard InChI is InChI=1S/C17H19N5OS2/c1-9-10(2)25-17-13(9)16(20-15(21-17)12-4-3-7-24-12)22-6-5-19-11(8-22)14(18)23/h3-4,7,11,19H,5-6,8H2,1-2H3,(H2,18,23)/t11-/m1/s1. The van der Waals surface area contributed by atoms with Crippen molar-refractivity contribution in [2.45, 2.75) is 19.9 Å². The molecule has 1 atom stereocenters. The van der Waals surface area contributed by atoms with Crippen LogP contribution in [0.5, 0.6) is 0 Å². The summed E-state index contributed by atoms with van der Waals surface area (Å²) in [5, 5.41) is 6.29. The largest absolute Gasteiger partial charge is 0.368 e. The van der Waals surface area contributed by atoms with Gasteiger partial charge in [-0.25, -0.2) is 9.97 Å². The first kappa shape index (κ1) is 16.4. The zero-order chi connectivity index (χ0) is 17.6. The predicted octanol–water partition coefficient (Wildman–Crippen LogP) is 2.30. The fraction of sp³-hybridized carbons (Fsp3) is 0.353. The molecule has 4 rings (SSSR count). The summed E-state index contributed by atoms with van der Waals surface area (Å²) in [5.74, 6) is 1.32. The molecule has 0 bridgehead atoms. The van der Waals surface area contributed by atoms with Gasteiger partial charge in [0.05, 0.1) is 10.3 Å². The molecule has 25 heavy (non-hydrogen) atoms. The predicted molar refractivity (Wildman–Crippen MR) is 103 cm³/mol. The fourth-order valence-corrected chi connectivity index (χ4v) is 4.79. The Bertz CT molecular complexity index is 934. The Morgan fingerprint density at radius 1 is 1.40 bits per heavy atom. The summed E-state index contributed by atoms with van der Waals surface area (Å²) < 4.78 is 0. The van der Waals surface area contributed by atoms with Crippen molar-refractivity contribution >= 4 is 44.6 Å². The Morgan fingerprint density at radius 3 is 2.96 bits per heavy atom. The minimum absolute atomic E-state index is 0.327. The maximum absolute atomic E-state index is 11.6. The number of aromatic nitrogens is 2. The van der Waals surface area contributed by atoms with Crippen LogP contribution >= 0.6 is 22.7 Å². The highest BCUT2D eigenvalue weighted by atomic mass is 32.1. The first-order valence-electron chi connectivity index (χ1n) is 8.14. The Balaban J connectivity index is 1.87. The summed E-state index contributed by atoms with van der Waals surface area (Å²) in [5.41, 5.74) is 6.71. The minimum Gasteiger partial charge on any atom is -0.368 e. The average Bonchev–Trinajstić information content (AvgIpc) is 3.23. The maximum Gasteiger partial charge on any atom is 0.236 e. The van der Waals surface area contributed by atoms with Gasteiger partial charge in [0.15, 0.2) is 5.82 Å². The SMILES string of the molecule is Cc1sc2nc(-c3cccs3)nc(N3CCN[C@@H](C(N)=O)C3)c2c1C. The normalized spacial score (nSPS) is 18.0. The number of aryl methyl sites for hydroxylation is 2. The van der Waals surface area contributed by atoms with E-state index in [2.05, 4.69) is 24.1 Å². The number of carbonyl (C=O) groups is 1. The van der Waals surface area contributed by atoms with Crippen LogP contribution in [0.3, 0.4) is 0 Å². The maximum atomic E-state index is 11.6. The van der Waals surface area contributed by atoms with E-state index in [0.29, 0.717) is 13.1 Å². The number of anilines is 1. The Labute approximate surface area is 153 Å². The molecule has 6 nitrogen and oxygen atoms in total. The average molecular weight is 374 g/mol. The lowest BCUT2D eigenvalue weighted by atomic mass is 10.1. The zero-order valence-electron chi connectivity index (χ0n) is 14.1. The molecule has 1 saturated heterocycles. The highest BCUT2D eigenvalue weighted by molar-refractivity contribution is 7.19. The van der Waals surface area contributed by atoms with Gasteiger partial charge in [-0.1, -0.05) is 6.07 Å². The van der Waals surface area contributed by atoms with Crippen LogP contribution in [0, 0.1) is 13.8 Å². The van der Waals surface area contributed by atoms with Gasteiger partial charge in [0, 0.05) is 24.5 Å². The van der Waals surface area contributed by atoms with Crippen LogP contribution in [0.4, 0.5) is 5.82 Å². The van der Waals surface area contributed by atoms with Gasteiger partial charge >= 0.3 is 0 Å². The number of primary amides is 1. The first-order valence-corrected chi connectivity index (χ1v) is 9.83. The van der Waals surface area contributed by atoms with E-state index >= 15 is 0 Å². The molecular formula is C17H19N5OS2. The molecule has 1 amide bonds. The van der Waals surface area contributed by atoms with E-state index in [4.69, 9.17) is 15.7 Å². The van der Waals surface area contributed by atoms with E-state index in [-0.39, 0.29) is 11.9 Å². The molecule has 3 aromatic rings. The van der Waals surface area contributed by atoms with E-state index in [9.17, 15) is 4.79 Å². The highest BCUT2D eigenvalue weighted by Crippen LogP contribution is 2.37. The molecule has 4 heterocycles. The molecule has 0 aliphatic carbocycles. The fourth-order valence-electron chi connectivity index (χ4n) is 3.11. The lowest BCUT2D eigenvalue weighted by Gasteiger charge is -2.33. The summed E-state index contributed by atoms with van der Waals surface area (Å²) in [7, 11) is 0. The lowest BCUT2D eigenvalue weighted by molar-refractivity contribution is -0.120. The quantitative estimate of drug-likeness (QED) is 0.736. The van der Waals surface area contributed by atoms with Gasteiger partial charge < -0.3 is 16.0 Å². The van der Waals surface area contributed by atoms with Crippen molar-refractivity contribution in [3.63, 3.8) is 0 Å². The van der Waals surface area contributed by atoms with Crippen LogP contribution in [0.25, 0.3) is 20.9 Å². The van der Waals surface area contributed by atoms with Crippen molar-refractivity contribution in [3.8, 4) is 10.7 Å². The van der Waals surface area contributed by atoms with Gasteiger partial charge in [-0.05, 0) is 30.9 Å². The number of amides is 1. The zero-order valence-corrected chi connectivity index (χ0v) is 15.7. The number of hydrogen-bond donors (Lipinski definition) is 2. The number of fused-ring (bicyclic) bond motifs is 1. The van der Waals surface area contributed by atoms with Crippen molar-refractivity contribution in [2.24, 2.45) is 5.73 Å². The van der Waals surface area contributed by atoms with Crippen molar-refractivity contribution in [3.05, 3.63) is 28.0 Å². The lowest BCUT2D eigenvalue weighted by Crippen LogP contribution is -2.56. The Kier molecular flexibility index (Phi) is 4.18. The second kappa shape index (κ2) is 6.36. The molecule has 0 unspecified atom stereocenters. The Morgan fingerprint density at radius 2 is 2.24 bits per heavy atom. The molecule has 3 N–H and O–H groups in total. The molecule has 0 aromatic carbocycles. The van der Waals surface area contributed by atoms with Crippen LogP contribution in [-0.4, -0.2) is 41.6 Å². The van der Waals surface area contributed by atoms with Crippen molar-refractivity contribution < 1.29 is 4.79 Å². The second-order valence-corrected chi connectivity index (χ2v) is 8.32. The molecule has 1 fully saturated rings. The number of nitrogens with one attached hydrogen (secondary N) is 1. The van der Waals surface area contributed by atoms with Gasteiger partial charge in [-0.3, -0.25) is 4.79 Å². The minimum atomic E-state index is -0.357. The molecule has 0 spiro atoms. The number of rotatable bonds is 3. The van der Waals surface area contributed by atoms with E-state index in [0.717, 1.165) is 33.3 Å². The molecule has 130 valence electrons. The molecule has 1 aliphatic rings. The van der Waals surface area contributed by atoms with Gasteiger partial charge in [0.25, 0.3) is 0 Å². The van der Waals surface area contributed by atoms with Gasteiger partial charge in [0.1, 0.15) is 16.7 Å². The second-order valence-electron chi connectivity index (χ2n) is 6.17. The Hall–Kier alpha value is -2.03. The summed E-state index contributed by atoms with van der Waals surface area (Å²) in [6.07, 6.45) is 0. The summed E-state index contributed by atoms with van der Waals surface area (Å²) in [6, 6.07) is 3.68. The number of hydrogen-bond acceptors (Lipinski definition) is 7. The van der Waals surface area contributed by atoms with E-state index < -0.39 is 0 Å². The van der Waals surface area contributed by atoms with Gasteiger partial charge in [0.2, 0.25) is 5.91 Å². The number of piperazine rings is 1. The molecular weight excluding hydrogens is 354 g/mol. The van der Waals surface area contributed by atoms with Crippen molar-refractivity contribution in [1.29, 1.82) is 0 Å². The van der Waals surface area contributed by atoms with Crippen LogP contribution in [-0.2, 0) is 4.79 Å². The third kappa shape index (κ3) is 2.90. The smallest absolute Gasteiger partial charge is 0.236 e. The number of carbonyl (C=O) groups excluding carboxylic acids is 1. The van der Waals surface area contributed by atoms with E-state index in [1.165, 1.54) is 10.4 Å². The number of thiophene rings is 2. The van der Waals surface area contributed by atoms with Crippen molar-refractivity contribution in [2.75, 3.05) is 24.5 Å². The topological polar surface area (TPSA) is 84.1 Å². The monoisotopic (exact) mass is 373 g/mol. The van der Waals surface area contributed by atoms with E-state index in [1.807, 2.05) is 17.5 Å². The highest BCUT2D eigenvalue weighted by Gasteiger charge is 2.27. The third-order valence-electron chi connectivity index (χ3n) is 4.57. The number of nitrogens with two attached hydrogens (primary N) is 1.